The first-order chi connectivity index (χ1) is 12.6. The van der Waals surface area contributed by atoms with E-state index in [9.17, 15) is 9.59 Å². The molecule has 1 fully saturated rings. The van der Waals surface area contributed by atoms with Crippen molar-refractivity contribution in [2.75, 3.05) is 11.4 Å². The van der Waals surface area contributed by atoms with E-state index in [-0.39, 0.29) is 11.8 Å². The van der Waals surface area contributed by atoms with Gasteiger partial charge in [-0.25, -0.2) is 4.68 Å². The predicted octanol–water partition coefficient (Wildman–Crippen LogP) is 2.80. The Kier molecular flexibility index (Phi) is 5.93. The highest BCUT2D eigenvalue weighted by molar-refractivity contribution is 6.31. The molecule has 0 radical (unpaired) electrons. The van der Waals surface area contributed by atoms with Crippen LogP contribution in [-0.4, -0.2) is 34.2 Å². The van der Waals surface area contributed by atoms with Crippen LogP contribution in [-0.2, 0) is 22.6 Å². The molecule has 1 aromatic heterocycles. The highest BCUT2D eigenvalue weighted by Crippen LogP contribution is 2.21. The van der Waals surface area contributed by atoms with Gasteiger partial charge in [-0.3, -0.25) is 14.5 Å². The zero-order chi connectivity index (χ0) is 18.5. The number of hydrogen-bond acceptors (Lipinski definition) is 3. The van der Waals surface area contributed by atoms with Gasteiger partial charge in [0, 0.05) is 30.6 Å². The number of rotatable bonds is 6. The van der Waals surface area contributed by atoms with E-state index in [2.05, 4.69) is 10.4 Å². The van der Waals surface area contributed by atoms with E-state index in [1.807, 2.05) is 37.3 Å². The van der Waals surface area contributed by atoms with Gasteiger partial charge in [-0.15, -0.1) is 0 Å². The van der Waals surface area contributed by atoms with Crippen molar-refractivity contribution >= 4 is 29.2 Å². The largest absolute Gasteiger partial charge is 0.344 e. The van der Waals surface area contributed by atoms with Crippen molar-refractivity contribution in [1.82, 2.24) is 15.1 Å². The number of benzene rings is 1. The number of carbonyl (C=O) groups excluding carboxylic acids is 2. The number of nitrogens with one attached hydrogen (secondary N) is 1. The molecule has 0 saturated carbocycles. The van der Waals surface area contributed by atoms with Gasteiger partial charge in [-0.2, -0.15) is 5.10 Å². The Labute approximate surface area is 158 Å². The van der Waals surface area contributed by atoms with Crippen molar-refractivity contribution in [3.63, 3.8) is 0 Å². The molecule has 1 aromatic carbocycles. The van der Waals surface area contributed by atoms with E-state index in [4.69, 9.17) is 11.6 Å². The highest BCUT2D eigenvalue weighted by Gasteiger charge is 2.32. The summed E-state index contributed by atoms with van der Waals surface area (Å²) in [5.41, 5.74) is 0.938. The molecule has 2 amide bonds. The number of anilines is 1. The molecular weight excluding hydrogens is 352 g/mol. The van der Waals surface area contributed by atoms with E-state index >= 15 is 0 Å². The predicted molar refractivity (Wildman–Crippen MR) is 101 cm³/mol. The second kappa shape index (κ2) is 8.36. The minimum Gasteiger partial charge on any atom is -0.344 e. The number of hydrogen-bond donors (Lipinski definition) is 1. The smallest absolute Gasteiger partial charge is 0.250 e. The molecule has 2 aromatic rings. The Bertz CT molecular complexity index is 789. The SMILES string of the molecule is CCn1nccc1N1CCC[C@@H](NC(=O)CCc2ccccc2Cl)C1=O. The number of halogens is 1. The zero-order valence-corrected chi connectivity index (χ0v) is 15.6. The minimum absolute atomic E-state index is 0.0717. The molecule has 1 N–H and O–H groups in total. The number of amides is 2. The summed E-state index contributed by atoms with van der Waals surface area (Å²) in [5, 5.41) is 7.77. The molecule has 7 heteroatoms. The van der Waals surface area contributed by atoms with Crippen LogP contribution in [0.3, 0.4) is 0 Å². The van der Waals surface area contributed by atoms with Gasteiger partial charge in [0.1, 0.15) is 11.9 Å². The lowest BCUT2D eigenvalue weighted by molar-refractivity contribution is -0.128. The molecular formula is C19H23ClN4O2. The summed E-state index contributed by atoms with van der Waals surface area (Å²) >= 11 is 6.13. The van der Waals surface area contributed by atoms with Crippen molar-refractivity contribution in [2.24, 2.45) is 0 Å². The third-order valence-electron chi connectivity index (χ3n) is 4.62. The zero-order valence-electron chi connectivity index (χ0n) is 14.8. The fraction of sp³-hybridized carbons (Fsp3) is 0.421. The second-order valence-electron chi connectivity index (χ2n) is 6.35. The van der Waals surface area contributed by atoms with E-state index in [1.165, 1.54) is 0 Å². The van der Waals surface area contributed by atoms with Crippen molar-refractivity contribution in [1.29, 1.82) is 0 Å². The summed E-state index contributed by atoms with van der Waals surface area (Å²) in [6.07, 6.45) is 4.06. The maximum atomic E-state index is 12.8. The molecule has 3 rings (SSSR count). The van der Waals surface area contributed by atoms with Crippen molar-refractivity contribution < 1.29 is 9.59 Å². The fourth-order valence-electron chi connectivity index (χ4n) is 3.25. The van der Waals surface area contributed by atoms with Crippen molar-refractivity contribution in [3.8, 4) is 0 Å². The molecule has 0 aliphatic carbocycles. The van der Waals surface area contributed by atoms with E-state index in [1.54, 1.807) is 15.8 Å². The van der Waals surface area contributed by atoms with Crippen LogP contribution < -0.4 is 10.2 Å². The lowest BCUT2D eigenvalue weighted by Crippen LogP contribution is -2.53. The molecule has 0 unspecified atom stereocenters. The molecule has 1 saturated heterocycles. The maximum Gasteiger partial charge on any atom is 0.250 e. The van der Waals surface area contributed by atoms with Crippen LogP contribution in [0.15, 0.2) is 36.5 Å². The van der Waals surface area contributed by atoms with Crippen LogP contribution in [0.2, 0.25) is 5.02 Å². The third kappa shape index (κ3) is 4.07. The second-order valence-corrected chi connectivity index (χ2v) is 6.76. The number of piperidine rings is 1. The molecule has 2 heterocycles. The standard InChI is InChI=1S/C19H23ClN4O2/c1-2-24-18(11-12-21-24)23-13-5-8-16(19(23)26)22-17(25)10-9-14-6-3-4-7-15(14)20/h3-4,6-7,11-12,16H,2,5,8-10,13H2,1H3,(H,22,25)/t16-/m1/s1. The Morgan fingerprint density at radius 1 is 1.35 bits per heavy atom. The molecule has 1 aliphatic rings. The van der Waals surface area contributed by atoms with Crippen molar-refractivity contribution in [2.45, 2.75) is 45.2 Å². The summed E-state index contributed by atoms with van der Waals surface area (Å²) in [6.45, 7) is 3.33. The molecule has 138 valence electrons. The van der Waals surface area contributed by atoms with E-state index < -0.39 is 6.04 Å². The van der Waals surface area contributed by atoms with Gasteiger partial charge in [0.05, 0.1) is 6.20 Å². The van der Waals surface area contributed by atoms with Crippen LogP contribution in [0.5, 0.6) is 0 Å². The molecule has 1 aliphatic heterocycles. The van der Waals surface area contributed by atoms with Gasteiger partial charge in [0.2, 0.25) is 5.91 Å². The van der Waals surface area contributed by atoms with Gasteiger partial charge < -0.3 is 5.32 Å². The summed E-state index contributed by atoms with van der Waals surface area (Å²) in [7, 11) is 0. The fourth-order valence-corrected chi connectivity index (χ4v) is 3.48. The Morgan fingerprint density at radius 2 is 2.15 bits per heavy atom. The van der Waals surface area contributed by atoms with E-state index in [0.717, 1.165) is 17.8 Å². The molecule has 26 heavy (non-hydrogen) atoms. The quantitative estimate of drug-likeness (QED) is 0.845. The summed E-state index contributed by atoms with van der Waals surface area (Å²) in [6, 6.07) is 8.84. The number of carbonyl (C=O) groups is 2. The Morgan fingerprint density at radius 3 is 2.92 bits per heavy atom. The topological polar surface area (TPSA) is 67.2 Å². The van der Waals surface area contributed by atoms with E-state index in [0.29, 0.717) is 37.4 Å². The van der Waals surface area contributed by atoms with Crippen LogP contribution in [0.25, 0.3) is 0 Å². The lowest BCUT2D eigenvalue weighted by Gasteiger charge is -2.32. The van der Waals surface area contributed by atoms with Gasteiger partial charge in [0.15, 0.2) is 0 Å². The summed E-state index contributed by atoms with van der Waals surface area (Å²) < 4.78 is 1.79. The average Bonchev–Trinajstić information content (AvgIpc) is 3.11. The average molecular weight is 375 g/mol. The number of aromatic nitrogens is 2. The van der Waals surface area contributed by atoms with Crippen LogP contribution in [0, 0.1) is 0 Å². The third-order valence-corrected chi connectivity index (χ3v) is 4.99. The first-order valence-corrected chi connectivity index (χ1v) is 9.34. The van der Waals surface area contributed by atoms with Crippen LogP contribution in [0.4, 0.5) is 5.82 Å². The molecule has 1 atom stereocenters. The van der Waals surface area contributed by atoms with Crippen molar-refractivity contribution in [3.05, 3.63) is 47.1 Å². The molecule has 0 bridgehead atoms. The van der Waals surface area contributed by atoms with Gasteiger partial charge >= 0.3 is 0 Å². The highest BCUT2D eigenvalue weighted by atomic mass is 35.5. The number of aryl methyl sites for hydroxylation is 2. The van der Waals surface area contributed by atoms with Gasteiger partial charge in [-0.1, -0.05) is 29.8 Å². The molecule has 6 nitrogen and oxygen atoms in total. The lowest BCUT2D eigenvalue weighted by atomic mass is 10.0. The first kappa shape index (κ1) is 18.5. The summed E-state index contributed by atoms with van der Waals surface area (Å²) in [4.78, 5) is 26.8. The van der Waals surface area contributed by atoms with Gasteiger partial charge in [0.25, 0.3) is 5.91 Å². The normalized spacial score (nSPS) is 17.4. The first-order valence-electron chi connectivity index (χ1n) is 8.96. The number of nitrogens with zero attached hydrogens (tertiary/aromatic N) is 3. The van der Waals surface area contributed by atoms with Crippen LogP contribution >= 0.6 is 11.6 Å². The summed E-state index contributed by atoms with van der Waals surface area (Å²) in [5.74, 6) is 0.583. The molecule has 0 spiro atoms. The van der Waals surface area contributed by atoms with Crippen LogP contribution in [0.1, 0.15) is 31.7 Å². The monoisotopic (exact) mass is 374 g/mol. The van der Waals surface area contributed by atoms with Gasteiger partial charge in [-0.05, 0) is 37.8 Å². The Hall–Kier alpha value is -2.34. The maximum absolute atomic E-state index is 12.8. The minimum atomic E-state index is -0.484. The Balaban J connectivity index is 1.59.